The average molecular weight is 245 g/mol. The lowest BCUT2D eigenvalue weighted by atomic mass is 9.82. The normalized spacial score (nSPS) is 19.0. The lowest BCUT2D eigenvalue weighted by Gasteiger charge is -2.29. The molecule has 2 nitrogen and oxygen atoms in total. The average Bonchev–Trinajstić information content (AvgIpc) is 2.29. The maximum atomic E-state index is 12.0. The quantitative estimate of drug-likeness (QED) is 0.869. The molecule has 2 heteroatoms. The van der Waals surface area contributed by atoms with Crippen LogP contribution in [0.2, 0.25) is 0 Å². The standard InChI is InChI=1S/C16H23NO/c1-10(2)7-12-5-6-13-14(8-12)16(18)17-9-15(13)11(3)4/h5-6,8,10-11,15H,7,9H2,1-4H3,(H,17,18). The van der Waals surface area contributed by atoms with Crippen molar-refractivity contribution in [2.45, 2.75) is 40.0 Å². The lowest BCUT2D eigenvalue weighted by Crippen LogP contribution is -2.37. The molecule has 1 heterocycles. The first-order valence-electron chi connectivity index (χ1n) is 6.90. The van der Waals surface area contributed by atoms with Gasteiger partial charge in [0.15, 0.2) is 0 Å². The Balaban J connectivity index is 2.37. The largest absolute Gasteiger partial charge is 0.351 e. The summed E-state index contributed by atoms with van der Waals surface area (Å²) in [5.41, 5.74) is 3.38. The van der Waals surface area contributed by atoms with E-state index in [0.29, 0.717) is 17.8 Å². The predicted molar refractivity (Wildman–Crippen MR) is 74.9 cm³/mol. The summed E-state index contributed by atoms with van der Waals surface area (Å²) in [6, 6.07) is 6.43. The lowest BCUT2D eigenvalue weighted by molar-refractivity contribution is 0.0936. The van der Waals surface area contributed by atoms with Crippen LogP contribution in [0.25, 0.3) is 0 Å². The third-order valence-electron chi connectivity index (χ3n) is 3.69. The SMILES string of the molecule is CC(C)Cc1ccc2c(c1)C(=O)NCC2C(C)C. The van der Waals surface area contributed by atoms with Crippen molar-refractivity contribution < 1.29 is 4.79 Å². The highest BCUT2D eigenvalue weighted by Gasteiger charge is 2.27. The number of hydrogen-bond donors (Lipinski definition) is 1. The van der Waals surface area contributed by atoms with Gasteiger partial charge in [-0.2, -0.15) is 0 Å². The smallest absolute Gasteiger partial charge is 0.251 e. The fourth-order valence-electron chi connectivity index (χ4n) is 2.72. The molecule has 0 aliphatic carbocycles. The van der Waals surface area contributed by atoms with Crippen LogP contribution in [0.5, 0.6) is 0 Å². The van der Waals surface area contributed by atoms with Gasteiger partial charge in [-0.3, -0.25) is 4.79 Å². The number of fused-ring (bicyclic) bond motifs is 1. The maximum Gasteiger partial charge on any atom is 0.251 e. The van der Waals surface area contributed by atoms with E-state index in [1.807, 2.05) is 0 Å². The van der Waals surface area contributed by atoms with Crippen molar-refractivity contribution in [1.29, 1.82) is 0 Å². The van der Waals surface area contributed by atoms with E-state index in [1.165, 1.54) is 11.1 Å². The highest BCUT2D eigenvalue weighted by Crippen LogP contribution is 2.30. The van der Waals surface area contributed by atoms with E-state index in [9.17, 15) is 4.79 Å². The summed E-state index contributed by atoms with van der Waals surface area (Å²) < 4.78 is 0. The highest BCUT2D eigenvalue weighted by molar-refractivity contribution is 5.97. The summed E-state index contributed by atoms with van der Waals surface area (Å²) in [5, 5.41) is 3.01. The topological polar surface area (TPSA) is 29.1 Å². The number of hydrogen-bond acceptors (Lipinski definition) is 1. The number of carbonyl (C=O) groups excluding carboxylic acids is 1. The van der Waals surface area contributed by atoms with Crippen molar-refractivity contribution in [3.63, 3.8) is 0 Å². The van der Waals surface area contributed by atoms with Crippen molar-refractivity contribution in [1.82, 2.24) is 5.32 Å². The summed E-state index contributed by atoms with van der Waals surface area (Å²) >= 11 is 0. The van der Waals surface area contributed by atoms with Crippen LogP contribution in [0, 0.1) is 11.8 Å². The molecular formula is C16H23NO. The molecule has 0 fully saturated rings. The van der Waals surface area contributed by atoms with Crippen LogP contribution in [0.15, 0.2) is 18.2 Å². The molecule has 98 valence electrons. The number of benzene rings is 1. The van der Waals surface area contributed by atoms with Gasteiger partial charge in [-0.1, -0.05) is 39.8 Å². The first-order chi connectivity index (χ1) is 8.49. The zero-order valence-electron chi connectivity index (χ0n) is 11.8. The second-order valence-corrected chi connectivity index (χ2v) is 6.08. The van der Waals surface area contributed by atoms with E-state index in [2.05, 4.69) is 51.2 Å². The molecule has 0 aromatic heterocycles. The number of nitrogens with one attached hydrogen (secondary N) is 1. The van der Waals surface area contributed by atoms with Crippen molar-refractivity contribution in [2.24, 2.45) is 11.8 Å². The second-order valence-electron chi connectivity index (χ2n) is 6.08. The van der Waals surface area contributed by atoms with Gasteiger partial charge in [0.05, 0.1) is 0 Å². The Hall–Kier alpha value is -1.31. The predicted octanol–water partition coefficient (Wildman–Crippen LogP) is 3.37. The fourth-order valence-corrected chi connectivity index (χ4v) is 2.72. The van der Waals surface area contributed by atoms with E-state index < -0.39 is 0 Å². The molecule has 0 saturated carbocycles. The summed E-state index contributed by atoms with van der Waals surface area (Å²) in [7, 11) is 0. The maximum absolute atomic E-state index is 12.0. The number of rotatable bonds is 3. The molecule has 1 aromatic carbocycles. The van der Waals surface area contributed by atoms with Crippen molar-refractivity contribution in [2.75, 3.05) is 6.54 Å². The van der Waals surface area contributed by atoms with Gasteiger partial charge in [0.25, 0.3) is 5.91 Å². The van der Waals surface area contributed by atoms with E-state index >= 15 is 0 Å². The zero-order valence-corrected chi connectivity index (χ0v) is 11.8. The van der Waals surface area contributed by atoms with Gasteiger partial charge in [-0.15, -0.1) is 0 Å². The first kappa shape index (κ1) is 13.1. The van der Waals surface area contributed by atoms with Gasteiger partial charge in [0, 0.05) is 18.0 Å². The molecule has 0 spiro atoms. The molecule has 18 heavy (non-hydrogen) atoms. The van der Waals surface area contributed by atoms with Crippen LogP contribution in [0.4, 0.5) is 0 Å². The molecule has 0 radical (unpaired) electrons. The molecule has 1 aromatic rings. The summed E-state index contributed by atoms with van der Waals surface area (Å²) in [5.74, 6) is 1.72. The van der Waals surface area contributed by atoms with E-state index in [4.69, 9.17) is 0 Å². The highest BCUT2D eigenvalue weighted by atomic mass is 16.1. The summed E-state index contributed by atoms with van der Waals surface area (Å²) in [6.45, 7) is 9.61. The first-order valence-corrected chi connectivity index (χ1v) is 6.90. The minimum atomic E-state index is 0.0903. The molecule has 2 rings (SSSR count). The van der Waals surface area contributed by atoms with Gasteiger partial charge in [0.2, 0.25) is 0 Å². The van der Waals surface area contributed by atoms with Crippen LogP contribution in [0.3, 0.4) is 0 Å². The number of carbonyl (C=O) groups is 1. The molecule has 1 N–H and O–H groups in total. The second kappa shape index (κ2) is 5.13. The summed E-state index contributed by atoms with van der Waals surface area (Å²) in [4.78, 5) is 12.0. The minimum Gasteiger partial charge on any atom is -0.351 e. The Morgan fingerprint density at radius 3 is 2.61 bits per heavy atom. The minimum absolute atomic E-state index is 0.0903. The van der Waals surface area contributed by atoms with Crippen LogP contribution < -0.4 is 5.32 Å². The fraction of sp³-hybridized carbons (Fsp3) is 0.562. The Bertz CT molecular complexity index is 448. The van der Waals surface area contributed by atoms with Crippen LogP contribution in [0.1, 0.15) is 55.1 Å². The van der Waals surface area contributed by atoms with Crippen molar-refractivity contribution >= 4 is 5.91 Å². The Morgan fingerprint density at radius 2 is 2.00 bits per heavy atom. The van der Waals surface area contributed by atoms with Gasteiger partial charge in [0.1, 0.15) is 0 Å². The molecular weight excluding hydrogens is 222 g/mol. The van der Waals surface area contributed by atoms with Crippen molar-refractivity contribution in [3.05, 3.63) is 34.9 Å². The van der Waals surface area contributed by atoms with E-state index in [-0.39, 0.29) is 5.91 Å². The molecule has 1 aliphatic heterocycles. The Morgan fingerprint density at radius 1 is 1.28 bits per heavy atom. The van der Waals surface area contributed by atoms with Gasteiger partial charge >= 0.3 is 0 Å². The molecule has 1 amide bonds. The molecule has 1 aliphatic rings. The van der Waals surface area contributed by atoms with Gasteiger partial charge < -0.3 is 5.32 Å². The third-order valence-corrected chi connectivity index (χ3v) is 3.69. The third kappa shape index (κ3) is 2.58. The van der Waals surface area contributed by atoms with E-state index in [0.717, 1.165) is 18.5 Å². The van der Waals surface area contributed by atoms with E-state index in [1.54, 1.807) is 0 Å². The molecule has 1 atom stereocenters. The van der Waals surface area contributed by atoms with Crippen molar-refractivity contribution in [3.8, 4) is 0 Å². The van der Waals surface area contributed by atoms with Crippen LogP contribution in [-0.4, -0.2) is 12.5 Å². The van der Waals surface area contributed by atoms with Crippen LogP contribution >= 0.6 is 0 Å². The Kier molecular flexibility index (Phi) is 3.74. The monoisotopic (exact) mass is 245 g/mol. The summed E-state index contributed by atoms with van der Waals surface area (Å²) in [6.07, 6.45) is 1.03. The van der Waals surface area contributed by atoms with Gasteiger partial charge in [-0.05, 0) is 35.4 Å². The number of amides is 1. The molecule has 0 saturated heterocycles. The zero-order chi connectivity index (χ0) is 13.3. The molecule has 0 bridgehead atoms. The van der Waals surface area contributed by atoms with Crippen LogP contribution in [-0.2, 0) is 6.42 Å². The Labute approximate surface area is 110 Å². The van der Waals surface area contributed by atoms with Gasteiger partial charge in [-0.25, -0.2) is 0 Å². The molecule has 1 unspecified atom stereocenters.